The second-order valence-electron chi connectivity index (χ2n) is 7.02. The standard InChI is InChI=1S/C23H20F2N2O3/c24-17-4-1-15(2-5-17)11-20(12-16-3-10-21-22(13-16)30-14-29-21)27-23(28)26-19-8-6-18(25)7-9-19/h1-10,13,20H,11-12,14H2,(H2,26,27,28)/t20-/m0/s1. The van der Waals surface area contributed by atoms with E-state index in [-0.39, 0.29) is 24.5 Å². The average Bonchev–Trinajstić information content (AvgIpc) is 3.19. The summed E-state index contributed by atoms with van der Waals surface area (Å²) < 4.78 is 37.1. The largest absolute Gasteiger partial charge is 0.454 e. The first-order valence-corrected chi connectivity index (χ1v) is 9.51. The molecule has 4 rings (SSSR count). The molecule has 7 heteroatoms. The predicted molar refractivity (Wildman–Crippen MR) is 109 cm³/mol. The van der Waals surface area contributed by atoms with Gasteiger partial charge < -0.3 is 20.1 Å². The minimum absolute atomic E-state index is 0.191. The number of ether oxygens (including phenoxy) is 2. The van der Waals surface area contributed by atoms with E-state index in [9.17, 15) is 13.6 Å². The van der Waals surface area contributed by atoms with Crippen molar-refractivity contribution in [1.82, 2.24) is 5.32 Å². The van der Waals surface area contributed by atoms with Gasteiger partial charge in [-0.25, -0.2) is 13.6 Å². The number of hydrogen-bond acceptors (Lipinski definition) is 3. The molecule has 1 aliphatic rings. The summed E-state index contributed by atoms with van der Waals surface area (Å²) >= 11 is 0. The first-order valence-electron chi connectivity index (χ1n) is 9.51. The molecule has 1 aliphatic heterocycles. The highest BCUT2D eigenvalue weighted by molar-refractivity contribution is 5.89. The lowest BCUT2D eigenvalue weighted by atomic mass is 9.98. The predicted octanol–water partition coefficient (Wildman–Crippen LogP) is 4.67. The summed E-state index contributed by atoms with van der Waals surface area (Å²) in [6.45, 7) is 0.191. The molecule has 30 heavy (non-hydrogen) atoms. The zero-order chi connectivity index (χ0) is 20.9. The van der Waals surface area contributed by atoms with Crippen LogP contribution >= 0.6 is 0 Å². The SMILES string of the molecule is O=C(Nc1ccc(F)cc1)N[C@@H](Cc1ccc(F)cc1)Cc1ccc2c(c1)OCO2. The van der Waals surface area contributed by atoms with Crippen molar-refractivity contribution in [2.75, 3.05) is 12.1 Å². The molecule has 0 spiro atoms. The van der Waals surface area contributed by atoms with Crippen LogP contribution in [0.25, 0.3) is 0 Å². The van der Waals surface area contributed by atoms with Gasteiger partial charge in [-0.1, -0.05) is 18.2 Å². The molecule has 154 valence electrons. The third-order valence-electron chi connectivity index (χ3n) is 4.75. The summed E-state index contributed by atoms with van der Waals surface area (Å²) in [7, 11) is 0. The number of fused-ring (bicyclic) bond motifs is 1. The fraction of sp³-hybridized carbons (Fsp3) is 0.174. The number of carbonyl (C=O) groups is 1. The number of halogens is 2. The van der Waals surface area contributed by atoms with Crippen LogP contribution in [0.15, 0.2) is 66.7 Å². The number of rotatable bonds is 6. The summed E-state index contributed by atoms with van der Waals surface area (Å²) in [4.78, 5) is 12.5. The number of urea groups is 1. The van der Waals surface area contributed by atoms with Crippen LogP contribution in [0.5, 0.6) is 11.5 Å². The number of carbonyl (C=O) groups excluding carboxylic acids is 1. The number of nitrogens with one attached hydrogen (secondary N) is 2. The van der Waals surface area contributed by atoms with Crippen molar-refractivity contribution in [2.24, 2.45) is 0 Å². The zero-order valence-electron chi connectivity index (χ0n) is 16.0. The highest BCUT2D eigenvalue weighted by atomic mass is 19.1. The Morgan fingerprint density at radius 2 is 1.43 bits per heavy atom. The molecule has 0 saturated carbocycles. The molecule has 2 amide bonds. The lowest BCUT2D eigenvalue weighted by Crippen LogP contribution is -2.40. The van der Waals surface area contributed by atoms with Crippen LogP contribution in [0.1, 0.15) is 11.1 Å². The third kappa shape index (κ3) is 5.05. The Balaban J connectivity index is 1.47. The molecular weight excluding hydrogens is 390 g/mol. The number of amides is 2. The quantitative estimate of drug-likeness (QED) is 0.621. The van der Waals surface area contributed by atoms with Crippen molar-refractivity contribution in [1.29, 1.82) is 0 Å². The van der Waals surface area contributed by atoms with E-state index in [1.165, 1.54) is 36.4 Å². The van der Waals surface area contributed by atoms with E-state index in [1.807, 2.05) is 18.2 Å². The maximum absolute atomic E-state index is 13.2. The van der Waals surface area contributed by atoms with Gasteiger partial charge in [-0.3, -0.25) is 0 Å². The van der Waals surface area contributed by atoms with E-state index in [1.54, 1.807) is 12.1 Å². The molecule has 3 aromatic carbocycles. The molecule has 0 aliphatic carbocycles. The van der Waals surface area contributed by atoms with Crippen LogP contribution in [-0.2, 0) is 12.8 Å². The van der Waals surface area contributed by atoms with Crippen molar-refractivity contribution in [3.63, 3.8) is 0 Å². The van der Waals surface area contributed by atoms with Gasteiger partial charge in [0.05, 0.1) is 0 Å². The first-order chi connectivity index (χ1) is 14.5. The first kappa shape index (κ1) is 19.7. The molecule has 0 bridgehead atoms. The van der Waals surface area contributed by atoms with Gasteiger partial charge in [0.1, 0.15) is 11.6 Å². The topological polar surface area (TPSA) is 59.6 Å². The Morgan fingerprint density at radius 1 is 0.833 bits per heavy atom. The van der Waals surface area contributed by atoms with E-state index >= 15 is 0 Å². The average molecular weight is 410 g/mol. The van der Waals surface area contributed by atoms with Crippen molar-refractivity contribution in [3.05, 3.63) is 89.5 Å². The summed E-state index contributed by atoms with van der Waals surface area (Å²) in [6.07, 6.45) is 1.04. The maximum Gasteiger partial charge on any atom is 0.319 e. The van der Waals surface area contributed by atoms with Crippen molar-refractivity contribution < 1.29 is 23.0 Å². The van der Waals surface area contributed by atoms with E-state index < -0.39 is 6.03 Å². The van der Waals surface area contributed by atoms with Crippen LogP contribution in [0.2, 0.25) is 0 Å². The Kier molecular flexibility index (Phi) is 5.79. The maximum atomic E-state index is 13.2. The molecule has 1 heterocycles. The lowest BCUT2D eigenvalue weighted by Gasteiger charge is -2.20. The smallest absolute Gasteiger partial charge is 0.319 e. The van der Waals surface area contributed by atoms with Crippen molar-refractivity contribution in [2.45, 2.75) is 18.9 Å². The minimum Gasteiger partial charge on any atom is -0.454 e. The van der Waals surface area contributed by atoms with Gasteiger partial charge in [0, 0.05) is 11.7 Å². The van der Waals surface area contributed by atoms with E-state index in [2.05, 4.69) is 10.6 Å². The van der Waals surface area contributed by atoms with Crippen LogP contribution in [-0.4, -0.2) is 18.9 Å². The molecule has 0 radical (unpaired) electrons. The highest BCUT2D eigenvalue weighted by Gasteiger charge is 2.18. The second kappa shape index (κ2) is 8.82. The van der Waals surface area contributed by atoms with Crippen molar-refractivity contribution >= 4 is 11.7 Å². The molecule has 1 atom stereocenters. The van der Waals surface area contributed by atoms with Gasteiger partial charge in [0.25, 0.3) is 0 Å². The second-order valence-corrected chi connectivity index (χ2v) is 7.02. The highest BCUT2D eigenvalue weighted by Crippen LogP contribution is 2.33. The normalized spacial score (nSPS) is 13.0. The summed E-state index contributed by atoms with van der Waals surface area (Å²) in [5.41, 5.74) is 2.34. The van der Waals surface area contributed by atoms with Crippen LogP contribution in [0.3, 0.4) is 0 Å². The van der Waals surface area contributed by atoms with E-state index in [0.29, 0.717) is 30.0 Å². The molecule has 0 aromatic heterocycles. The molecule has 0 unspecified atom stereocenters. The third-order valence-corrected chi connectivity index (χ3v) is 4.75. The Hall–Kier alpha value is -3.61. The molecule has 0 saturated heterocycles. The number of hydrogen-bond donors (Lipinski definition) is 2. The monoisotopic (exact) mass is 410 g/mol. The lowest BCUT2D eigenvalue weighted by molar-refractivity contribution is 0.174. The number of benzene rings is 3. The fourth-order valence-corrected chi connectivity index (χ4v) is 3.32. The fourth-order valence-electron chi connectivity index (χ4n) is 3.32. The molecular formula is C23H20F2N2O3. The van der Waals surface area contributed by atoms with E-state index in [0.717, 1.165) is 11.1 Å². The van der Waals surface area contributed by atoms with Gasteiger partial charge in [-0.05, 0) is 72.5 Å². The van der Waals surface area contributed by atoms with Gasteiger partial charge in [-0.2, -0.15) is 0 Å². The van der Waals surface area contributed by atoms with Gasteiger partial charge in [-0.15, -0.1) is 0 Å². The van der Waals surface area contributed by atoms with Crippen LogP contribution < -0.4 is 20.1 Å². The van der Waals surface area contributed by atoms with Crippen LogP contribution in [0, 0.1) is 11.6 Å². The zero-order valence-corrected chi connectivity index (χ0v) is 16.0. The number of anilines is 1. The molecule has 3 aromatic rings. The Labute approximate surface area is 172 Å². The summed E-state index contributed by atoms with van der Waals surface area (Å²) in [6, 6.07) is 16.7. The Morgan fingerprint density at radius 3 is 2.17 bits per heavy atom. The van der Waals surface area contributed by atoms with E-state index in [4.69, 9.17) is 9.47 Å². The van der Waals surface area contributed by atoms with Crippen LogP contribution in [0.4, 0.5) is 19.3 Å². The van der Waals surface area contributed by atoms with Gasteiger partial charge >= 0.3 is 6.03 Å². The molecule has 2 N–H and O–H groups in total. The molecule has 5 nitrogen and oxygen atoms in total. The Bertz CT molecular complexity index is 1020. The summed E-state index contributed by atoms with van der Waals surface area (Å²) in [5.74, 6) is 0.672. The van der Waals surface area contributed by atoms with Gasteiger partial charge in [0.15, 0.2) is 11.5 Å². The summed E-state index contributed by atoms with van der Waals surface area (Å²) in [5, 5.41) is 5.65. The minimum atomic E-state index is -0.408. The van der Waals surface area contributed by atoms with Crippen molar-refractivity contribution in [3.8, 4) is 11.5 Å². The molecule has 0 fully saturated rings. The van der Waals surface area contributed by atoms with Gasteiger partial charge in [0.2, 0.25) is 6.79 Å².